The highest BCUT2D eigenvalue weighted by molar-refractivity contribution is 5.91. The van der Waals surface area contributed by atoms with E-state index < -0.39 is 0 Å². The van der Waals surface area contributed by atoms with E-state index in [1.54, 1.807) is 4.68 Å². The van der Waals surface area contributed by atoms with Crippen molar-refractivity contribution >= 4 is 11.7 Å². The van der Waals surface area contributed by atoms with Gasteiger partial charge in [0.2, 0.25) is 5.91 Å². The van der Waals surface area contributed by atoms with E-state index in [9.17, 15) is 4.79 Å². The second-order valence-electron chi connectivity index (χ2n) is 4.96. The third kappa shape index (κ3) is 3.30. The number of amides is 1. The van der Waals surface area contributed by atoms with E-state index in [1.165, 1.54) is 0 Å². The quantitative estimate of drug-likeness (QED) is 0.798. The second kappa shape index (κ2) is 5.49. The van der Waals surface area contributed by atoms with Crippen LogP contribution in [-0.2, 0) is 11.8 Å². The molecule has 1 aromatic rings. The van der Waals surface area contributed by atoms with E-state index in [-0.39, 0.29) is 5.91 Å². The van der Waals surface area contributed by atoms with Crippen LogP contribution in [0, 0.1) is 6.92 Å². The van der Waals surface area contributed by atoms with Gasteiger partial charge in [0.25, 0.3) is 0 Å². The first kappa shape index (κ1) is 13.0. The van der Waals surface area contributed by atoms with Gasteiger partial charge in [-0.1, -0.05) is 0 Å². The molecule has 2 heterocycles. The Hall–Kier alpha value is -1.40. The first-order chi connectivity index (χ1) is 8.54. The molecular weight excluding hydrogens is 230 g/mol. The van der Waals surface area contributed by atoms with Crippen molar-refractivity contribution < 1.29 is 4.79 Å². The molecule has 1 saturated heterocycles. The monoisotopic (exact) mass is 251 g/mol. The Kier molecular flexibility index (Phi) is 3.98. The average molecular weight is 251 g/mol. The number of anilines is 1. The van der Waals surface area contributed by atoms with Gasteiger partial charge in [0, 0.05) is 32.2 Å². The van der Waals surface area contributed by atoms with Crippen LogP contribution in [0.2, 0.25) is 0 Å². The molecule has 0 spiro atoms. The van der Waals surface area contributed by atoms with Gasteiger partial charge in [0.1, 0.15) is 5.82 Å². The third-order valence-corrected chi connectivity index (χ3v) is 3.27. The SMILES string of the molecule is Cc1cc(NC(=O)CN2CCC(N)CC2)n(C)n1. The highest BCUT2D eigenvalue weighted by Gasteiger charge is 2.18. The van der Waals surface area contributed by atoms with Crippen molar-refractivity contribution in [2.75, 3.05) is 25.0 Å². The van der Waals surface area contributed by atoms with Gasteiger partial charge < -0.3 is 11.1 Å². The molecule has 0 radical (unpaired) electrons. The standard InChI is InChI=1S/C12H21N5O/c1-9-7-11(16(2)15-9)14-12(18)8-17-5-3-10(13)4-6-17/h7,10H,3-6,8,13H2,1-2H3,(H,14,18). The van der Waals surface area contributed by atoms with Crippen LogP contribution < -0.4 is 11.1 Å². The van der Waals surface area contributed by atoms with Crippen LogP contribution in [0.25, 0.3) is 0 Å². The van der Waals surface area contributed by atoms with Crippen LogP contribution in [0.4, 0.5) is 5.82 Å². The first-order valence-electron chi connectivity index (χ1n) is 6.33. The van der Waals surface area contributed by atoms with Gasteiger partial charge in [0.15, 0.2) is 0 Å². The van der Waals surface area contributed by atoms with Gasteiger partial charge in [-0.25, -0.2) is 0 Å². The highest BCUT2D eigenvalue weighted by Crippen LogP contribution is 2.10. The van der Waals surface area contributed by atoms with Gasteiger partial charge in [-0.2, -0.15) is 5.10 Å². The lowest BCUT2D eigenvalue weighted by molar-refractivity contribution is -0.117. The summed E-state index contributed by atoms with van der Waals surface area (Å²) in [5, 5.41) is 7.07. The summed E-state index contributed by atoms with van der Waals surface area (Å²) < 4.78 is 1.68. The van der Waals surface area contributed by atoms with E-state index in [2.05, 4.69) is 15.3 Å². The number of rotatable bonds is 3. The molecule has 3 N–H and O–H groups in total. The van der Waals surface area contributed by atoms with E-state index in [0.29, 0.717) is 12.6 Å². The second-order valence-corrected chi connectivity index (χ2v) is 4.96. The maximum absolute atomic E-state index is 11.9. The number of hydrogen-bond donors (Lipinski definition) is 2. The van der Waals surface area contributed by atoms with Crippen molar-refractivity contribution in [3.63, 3.8) is 0 Å². The zero-order valence-corrected chi connectivity index (χ0v) is 11.0. The van der Waals surface area contributed by atoms with Crippen LogP contribution >= 0.6 is 0 Å². The Labute approximate surface area is 107 Å². The summed E-state index contributed by atoms with van der Waals surface area (Å²) in [6, 6.07) is 2.16. The summed E-state index contributed by atoms with van der Waals surface area (Å²) in [4.78, 5) is 14.0. The molecule has 1 aliphatic rings. The van der Waals surface area contributed by atoms with Crippen molar-refractivity contribution in [3.8, 4) is 0 Å². The largest absolute Gasteiger partial charge is 0.328 e. The van der Waals surface area contributed by atoms with E-state index in [0.717, 1.165) is 37.4 Å². The molecular formula is C12H21N5O. The van der Waals surface area contributed by atoms with Crippen molar-refractivity contribution in [1.82, 2.24) is 14.7 Å². The van der Waals surface area contributed by atoms with E-state index in [4.69, 9.17) is 5.73 Å². The molecule has 0 atom stereocenters. The molecule has 1 amide bonds. The molecule has 1 fully saturated rings. The summed E-state index contributed by atoms with van der Waals surface area (Å²) in [6.07, 6.45) is 1.94. The molecule has 18 heavy (non-hydrogen) atoms. The molecule has 0 unspecified atom stereocenters. The predicted octanol–water partition coefficient (Wildman–Crippen LogP) is 0.0901. The first-order valence-corrected chi connectivity index (χ1v) is 6.33. The van der Waals surface area contributed by atoms with Crippen LogP contribution in [0.3, 0.4) is 0 Å². The van der Waals surface area contributed by atoms with E-state index >= 15 is 0 Å². The van der Waals surface area contributed by atoms with Crippen molar-refractivity contribution in [2.24, 2.45) is 12.8 Å². The summed E-state index contributed by atoms with van der Waals surface area (Å²) >= 11 is 0. The summed E-state index contributed by atoms with van der Waals surface area (Å²) in [5.41, 5.74) is 6.73. The summed E-state index contributed by atoms with van der Waals surface area (Å²) in [6.45, 7) is 4.14. The molecule has 0 aliphatic carbocycles. The van der Waals surface area contributed by atoms with Gasteiger partial charge in [-0.15, -0.1) is 0 Å². The molecule has 1 aromatic heterocycles. The minimum absolute atomic E-state index is 0.00784. The molecule has 6 heteroatoms. The Balaban J connectivity index is 1.83. The molecule has 2 rings (SSSR count). The lowest BCUT2D eigenvalue weighted by Crippen LogP contribution is -2.43. The number of carbonyl (C=O) groups excluding carboxylic acids is 1. The fraction of sp³-hybridized carbons (Fsp3) is 0.667. The lowest BCUT2D eigenvalue weighted by atomic mass is 10.1. The number of aromatic nitrogens is 2. The van der Waals surface area contributed by atoms with E-state index in [1.807, 2.05) is 20.0 Å². The number of nitrogens with one attached hydrogen (secondary N) is 1. The molecule has 0 aromatic carbocycles. The van der Waals surface area contributed by atoms with Crippen molar-refractivity contribution in [1.29, 1.82) is 0 Å². The third-order valence-electron chi connectivity index (χ3n) is 3.27. The zero-order valence-electron chi connectivity index (χ0n) is 11.0. The molecule has 0 saturated carbocycles. The minimum Gasteiger partial charge on any atom is -0.328 e. The fourth-order valence-corrected chi connectivity index (χ4v) is 2.22. The number of hydrogen-bond acceptors (Lipinski definition) is 4. The minimum atomic E-state index is 0.00784. The highest BCUT2D eigenvalue weighted by atomic mass is 16.2. The maximum Gasteiger partial charge on any atom is 0.239 e. The van der Waals surface area contributed by atoms with Crippen LogP contribution in [-0.4, -0.2) is 46.3 Å². The van der Waals surface area contributed by atoms with Gasteiger partial charge in [0.05, 0.1) is 12.2 Å². The molecule has 100 valence electrons. The predicted molar refractivity (Wildman–Crippen MR) is 70.2 cm³/mol. The Morgan fingerprint density at radius 1 is 1.56 bits per heavy atom. The number of likely N-dealkylation sites (tertiary alicyclic amines) is 1. The number of nitrogens with zero attached hydrogens (tertiary/aromatic N) is 3. The fourth-order valence-electron chi connectivity index (χ4n) is 2.22. The van der Waals surface area contributed by atoms with Crippen LogP contribution in [0.1, 0.15) is 18.5 Å². The Morgan fingerprint density at radius 2 is 2.22 bits per heavy atom. The number of aryl methyl sites for hydroxylation is 2. The molecule has 0 bridgehead atoms. The zero-order chi connectivity index (χ0) is 13.1. The Morgan fingerprint density at radius 3 is 2.78 bits per heavy atom. The maximum atomic E-state index is 11.9. The molecule has 6 nitrogen and oxygen atoms in total. The average Bonchev–Trinajstić information content (AvgIpc) is 2.61. The van der Waals surface area contributed by atoms with Crippen molar-refractivity contribution in [3.05, 3.63) is 11.8 Å². The van der Waals surface area contributed by atoms with Crippen LogP contribution in [0.5, 0.6) is 0 Å². The van der Waals surface area contributed by atoms with Crippen LogP contribution in [0.15, 0.2) is 6.07 Å². The van der Waals surface area contributed by atoms with Gasteiger partial charge >= 0.3 is 0 Å². The Bertz CT molecular complexity index is 420. The number of carbonyl (C=O) groups is 1. The van der Waals surface area contributed by atoms with Gasteiger partial charge in [-0.05, 0) is 19.8 Å². The normalized spacial score (nSPS) is 17.9. The number of piperidine rings is 1. The lowest BCUT2D eigenvalue weighted by Gasteiger charge is -2.29. The topological polar surface area (TPSA) is 76.2 Å². The van der Waals surface area contributed by atoms with Crippen molar-refractivity contribution in [2.45, 2.75) is 25.8 Å². The summed E-state index contributed by atoms with van der Waals surface area (Å²) in [5.74, 6) is 0.750. The summed E-state index contributed by atoms with van der Waals surface area (Å²) in [7, 11) is 1.82. The smallest absolute Gasteiger partial charge is 0.239 e. The van der Waals surface area contributed by atoms with Gasteiger partial charge in [-0.3, -0.25) is 14.4 Å². The molecule has 1 aliphatic heterocycles. The number of nitrogens with two attached hydrogens (primary N) is 1.